The molecule has 0 bridgehead atoms. The number of ether oxygens (including phenoxy) is 1. The van der Waals surface area contributed by atoms with E-state index in [1.54, 1.807) is 12.1 Å². The minimum atomic E-state index is -0.774. The number of urea groups is 1. The third kappa shape index (κ3) is 4.21. The molecule has 1 saturated heterocycles. The molecule has 1 fully saturated rings. The van der Waals surface area contributed by atoms with Crippen LogP contribution in [-0.4, -0.2) is 33.9 Å². The molecule has 0 spiro atoms. The summed E-state index contributed by atoms with van der Waals surface area (Å²) in [6.07, 6.45) is 4.86. The number of hydrogen-bond donors (Lipinski definition) is 1. The molecule has 1 N–H and O–H groups in total. The summed E-state index contributed by atoms with van der Waals surface area (Å²) in [5.41, 5.74) is 1.52. The van der Waals surface area contributed by atoms with E-state index in [-0.39, 0.29) is 12.1 Å². The molecule has 2 aromatic carbocycles. The van der Waals surface area contributed by atoms with Crippen LogP contribution in [0.3, 0.4) is 0 Å². The smallest absolute Gasteiger partial charge is 0.331 e. The zero-order valence-corrected chi connectivity index (χ0v) is 18.1. The monoisotopic (exact) mass is 455 g/mol. The van der Waals surface area contributed by atoms with Crippen LogP contribution in [0.25, 0.3) is 17.0 Å². The number of barbiturate groups is 1. The lowest BCUT2D eigenvalue weighted by Gasteiger charge is -2.25. The number of amides is 4. The van der Waals surface area contributed by atoms with Crippen molar-refractivity contribution in [1.29, 1.82) is 0 Å². The highest BCUT2D eigenvalue weighted by Crippen LogP contribution is 2.25. The lowest BCUT2D eigenvalue weighted by molar-refractivity contribution is -0.130. The van der Waals surface area contributed by atoms with Crippen LogP contribution in [0, 0.1) is 0 Å². The molecule has 0 aliphatic carbocycles. The van der Waals surface area contributed by atoms with Crippen molar-refractivity contribution >= 4 is 34.8 Å². The molecule has 8 nitrogen and oxygen atoms in total. The third-order valence-electron chi connectivity index (χ3n) is 5.54. The molecule has 0 unspecified atom stereocenters. The first kappa shape index (κ1) is 21.3. The van der Waals surface area contributed by atoms with E-state index in [4.69, 9.17) is 9.15 Å². The molecule has 5 rings (SSSR count). The van der Waals surface area contributed by atoms with Gasteiger partial charge < -0.3 is 13.7 Å². The van der Waals surface area contributed by atoms with Gasteiger partial charge in [0.1, 0.15) is 23.7 Å². The number of fused-ring (bicyclic) bond motifs is 1. The SMILES string of the molecule is O=C1NC(=O)N(Cc2ccco2)C(=O)C1=Cc1cn(CCOc2ccccc2)c2ccccc12. The van der Waals surface area contributed by atoms with Crippen LogP contribution in [-0.2, 0) is 22.7 Å². The number of rotatable bonds is 7. The molecule has 170 valence electrons. The summed E-state index contributed by atoms with van der Waals surface area (Å²) in [4.78, 5) is 38.8. The quantitative estimate of drug-likeness (QED) is 0.336. The zero-order valence-electron chi connectivity index (χ0n) is 18.1. The Morgan fingerprint density at radius 1 is 0.941 bits per heavy atom. The standard InChI is InChI=1S/C26H21N3O5/c30-24-22(25(31)29(26(32)27-24)17-20-9-6-13-33-20)15-18-16-28(23-11-5-4-10-21(18)23)12-14-34-19-7-2-1-3-8-19/h1-11,13,15-16H,12,14,17H2,(H,27,30,32). The molecule has 0 radical (unpaired) electrons. The number of imide groups is 2. The van der Waals surface area contributed by atoms with Gasteiger partial charge in [-0.3, -0.25) is 19.8 Å². The molecule has 0 atom stereocenters. The first-order valence-electron chi connectivity index (χ1n) is 10.8. The molecule has 4 aromatic rings. The Hall–Kier alpha value is -4.59. The second-order valence-corrected chi connectivity index (χ2v) is 7.74. The van der Waals surface area contributed by atoms with Crippen molar-refractivity contribution in [3.8, 4) is 5.75 Å². The molecular formula is C26H21N3O5. The van der Waals surface area contributed by atoms with E-state index >= 15 is 0 Å². The predicted octanol–water partition coefficient (Wildman–Crippen LogP) is 3.98. The van der Waals surface area contributed by atoms with Crippen molar-refractivity contribution < 1.29 is 23.5 Å². The average Bonchev–Trinajstić information content (AvgIpc) is 3.48. The maximum absolute atomic E-state index is 13.1. The predicted molar refractivity (Wildman–Crippen MR) is 125 cm³/mol. The average molecular weight is 455 g/mol. The molecule has 8 heteroatoms. The number of hydrogen-bond acceptors (Lipinski definition) is 5. The van der Waals surface area contributed by atoms with Crippen LogP contribution in [0.15, 0.2) is 89.2 Å². The van der Waals surface area contributed by atoms with E-state index in [1.807, 2.05) is 65.4 Å². The molecule has 1 aliphatic heterocycles. The van der Waals surface area contributed by atoms with E-state index in [0.29, 0.717) is 24.5 Å². The fourth-order valence-electron chi connectivity index (χ4n) is 3.91. The van der Waals surface area contributed by atoms with Crippen molar-refractivity contribution in [2.24, 2.45) is 0 Å². The Labute approximate surface area is 195 Å². The number of furan rings is 1. The van der Waals surface area contributed by atoms with Crippen LogP contribution in [0.5, 0.6) is 5.75 Å². The highest BCUT2D eigenvalue weighted by Gasteiger charge is 2.36. The van der Waals surface area contributed by atoms with Gasteiger partial charge in [-0.05, 0) is 36.4 Å². The second-order valence-electron chi connectivity index (χ2n) is 7.74. The van der Waals surface area contributed by atoms with Gasteiger partial charge >= 0.3 is 6.03 Å². The summed E-state index contributed by atoms with van der Waals surface area (Å²) in [7, 11) is 0. The van der Waals surface area contributed by atoms with E-state index < -0.39 is 17.8 Å². The lowest BCUT2D eigenvalue weighted by Crippen LogP contribution is -2.53. The summed E-state index contributed by atoms with van der Waals surface area (Å²) in [5.74, 6) is -0.177. The summed E-state index contributed by atoms with van der Waals surface area (Å²) < 4.78 is 13.1. The van der Waals surface area contributed by atoms with E-state index in [0.717, 1.165) is 21.6 Å². The van der Waals surface area contributed by atoms with Gasteiger partial charge in [-0.15, -0.1) is 0 Å². The lowest BCUT2D eigenvalue weighted by atomic mass is 10.1. The van der Waals surface area contributed by atoms with E-state index in [2.05, 4.69) is 5.32 Å². The molecule has 1 aliphatic rings. The van der Waals surface area contributed by atoms with Gasteiger partial charge in [0.2, 0.25) is 0 Å². The first-order chi connectivity index (χ1) is 16.6. The van der Waals surface area contributed by atoms with Crippen molar-refractivity contribution in [2.75, 3.05) is 6.61 Å². The Bertz CT molecular complexity index is 1390. The van der Waals surface area contributed by atoms with Crippen LogP contribution < -0.4 is 10.1 Å². The maximum atomic E-state index is 13.1. The van der Waals surface area contributed by atoms with Crippen LogP contribution in [0.2, 0.25) is 0 Å². The summed E-state index contributed by atoms with van der Waals surface area (Å²) in [6.45, 7) is 0.951. The number of carbonyl (C=O) groups excluding carboxylic acids is 3. The van der Waals surface area contributed by atoms with E-state index in [9.17, 15) is 14.4 Å². The molecular weight excluding hydrogens is 434 g/mol. The van der Waals surface area contributed by atoms with Gasteiger partial charge in [-0.1, -0.05) is 36.4 Å². The van der Waals surface area contributed by atoms with Crippen molar-refractivity contribution in [3.05, 3.63) is 96.1 Å². The minimum Gasteiger partial charge on any atom is -0.492 e. The summed E-state index contributed by atoms with van der Waals surface area (Å²) in [6, 6.07) is 19.8. The normalized spacial score (nSPS) is 15.2. The molecule has 4 amide bonds. The van der Waals surface area contributed by atoms with Crippen LogP contribution in [0.4, 0.5) is 4.79 Å². The molecule has 0 saturated carbocycles. The van der Waals surface area contributed by atoms with Gasteiger partial charge in [-0.25, -0.2) is 4.79 Å². The van der Waals surface area contributed by atoms with Gasteiger partial charge in [0.25, 0.3) is 11.8 Å². The van der Waals surface area contributed by atoms with Gasteiger partial charge in [0, 0.05) is 22.7 Å². The number of nitrogens with one attached hydrogen (secondary N) is 1. The van der Waals surface area contributed by atoms with Gasteiger partial charge in [0.05, 0.1) is 19.4 Å². The van der Waals surface area contributed by atoms with E-state index in [1.165, 1.54) is 12.3 Å². The zero-order chi connectivity index (χ0) is 23.5. The topological polar surface area (TPSA) is 93.8 Å². The Balaban J connectivity index is 1.42. The molecule has 3 heterocycles. The van der Waals surface area contributed by atoms with Crippen molar-refractivity contribution in [3.63, 3.8) is 0 Å². The van der Waals surface area contributed by atoms with Crippen LogP contribution in [0.1, 0.15) is 11.3 Å². The Kier molecular flexibility index (Phi) is 5.70. The fourth-order valence-corrected chi connectivity index (χ4v) is 3.91. The minimum absolute atomic E-state index is 0.0686. The summed E-state index contributed by atoms with van der Waals surface area (Å²) >= 11 is 0. The number of carbonyl (C=O) groups is 3. The van der Waals surface area contributed by atoms with Gasteiger partial charge in [-0.2, -0.15) is 0 Å². The number of nitrogens with zero attached hydrogens (tertiary/aromatic N) is 2. The summed E-state index contributed by atoms with van der Waals surface area (Å²) in [5, 5.41) is 3.12. The van der Waals surface area contributed by atoms with Crippen molar-refractivity contribution in [2.45, 2.75) is 13.1 Å². The fraction of sp³-hybridized carbons (Fsp3) is 0.115. The second kappa shape index (κ2) is 9.11. The number of aromatic nitrogens is 1. The Morgan fingerprint density at radius 2 is 1.74 bits per heavy atom. The number of benzene rings is 2. The van der Waals surface area contributed by atoms with Gasteiger partial charge in [0.15, 0.2) is 0 Å². The van der Waals surface area contributed by atoms with Crippen molar-refractivity contribution in [1.82, 2.24) is 14.8 Å². The maximum Gasteiger partial charge on any atom is 0.331 e. The highest BCUT2D eigenvalue weighted by molar-refractivity contribution is 6.31. The molecule has 2 aromatic heterocycles. The van der Waals surface area contributed by atoms with Crippen LogP contribution >= 0.6 is 0 Å². The first-order valence-corrected chi connectivity index (χ1v) is 10.8. The Morgan fingerprint density at radius 3 is 2.53 bits per heavy atom. The number of para-hydroxylation sites is 2. The molecule has 34 heavy (non-hydrogen) atoms. The third-order valence-corrected chi connectivity index (χ3v) is 5.54. The largest absolute Gasteiger partial charge is 0.492 e. The highest BCUT2D eigenvalue weighted by atomic mass is 16.5.